The number of thiophene rings is 1. The van der Waals surface area contributed by atoms with E-state index in [0.717, 1.165) is 5.56 Å². The van der Waals surface area contributed by atoms with E-state index in [4.69, 9.17) is 5.73 Å². The van der Waals surface area contributed by atoms with Crippen LogP contribution in [0.25, 0.3) is 0 Å². The smallest absolute Gasteiger partial charge is 0.123 e. The van der Waals surface area contributed by atoms with Crippen LogP contribution in [0.15, 0.2) is 41.8 Å². The predicted molar refractivity (Wildman–Crippen MR) is 78.6 cm³/mol. The van der Waals surface area contributed by atoms with Crippen molar-refractivity contribution in [3.05, 3.63) is 58.0 Å². The van der Waals surface area contributed by atoms with Crippen molar-refractivity contribution in [1.29, 1.82) is 0 Å². The molecule has 2 unspecified atom stereocenters. The molecular formula is C15H19FN2S. The molecule has 19 heavy (non-hydrogen) atoms. The summed E-state index contributed by atoms with van der Waals surface area (Å²) in [7, 11) is 2.03. The Morgan fingerprint density at radius 1 is 1.32 bits per heavy atom. The Morgan fingerprint density at radius 3 is 2.68 bits per heavy atom. The summed E-state index contributed by atoms with van der Waals surface area (Å²) >= 11 is 1.71. The molecule has 2 atom stereocenters. The molecule has 102 valence electrons. The highest BCUT2D eigenvalue weighted by Crippen LogP contribution is 2.27. The standard InChI is InChI=1S/C15H19FN2S/c1-11(17)15(14-7-4-8-19-14)18(2)10-12-5-3-6-13(16)9-12/h3-9,11,15H,10,17H2,1-2H3. The predicted octanol–water partition coefficient (Wildman–Crippen LogP) is 3.41. The summed E-state index contributed by atoms with van der Waals surface area (Å²) in [6, 6.07) is 11.0. The minimum Gasteiger partial charge on any atom is -0.326 e. The highest BCUT2D eigenvalue weighted by Gasteiger charge is 2.22. The van der Waals surface area contributed by atoms with Gasteiger partial charge in [0.05, 0.1) is 6.04 Å². The van der Waals surface area contributed by atoms with Gasteiger partial charge in [-0.3, -0.25) is 4.90 Å². The van der Waals surface area contributed by atoms with E-state index in [1.807, 2.05) is 26.1 Å². The largest absolute Gasteiger partial charge is 0.326 e. The molecular weight excluding hydrogens is 259 g/mol. The first kappa shape index (κ1) is 14.2. The zero-order valence-electron chi connectivity index (χ0n) is 11.2. The summed E-state index contributed by atoms with van der Waals surface area (Å²) < 4.78 is 13.2. The average molecular weight is 278 g/mol. The molecule has 2 aromatic rings. The lowest BCUT2D eigenvalue weighted by molar-refractivity contribution is 0.214. The third kappa shape index (κ3) is 3.62. The van der Waals surface area contributed by atoms with Crippen LogP contribution in [0.3, 0.4) is 0 Å². The lowest BCUT2D eigenvalue weighted by Crippen LogP contribution is -2.36. The molecule has 4 heteroatoms. The van der Waals surface area contributed by atoms with Crippen LogP contribution in [-0.4, -0.2) is 18.0 Å². The number of hydrogen-bond donors (Lipinski definition) is 1. The molecule has 1 heterocycles. The maximum absolute atomic E-state index is 13.2. The van der Waals surface area contributed by atoms with Crippen LogP contribution in [0.2, 0.25) is 0 Å². The fourth-order valence-electron chi connectivity index (χ4n) is 2.36. The van der Waals surface area contributed by atoms with Crippen LogP contribution < -0.4 is 5.73 Å². The van der Waals surface area contributed by atoms with Crippen molar-refractivity contribution in [3.63, 3.8) is 0 Å². The van der Waals surface area contributed by atoms with Crippen LogP contribution in [0.4, 0.5) is 4.39 Å². The highest BCUT2D eigenvalue weighted by molar-refractivity contribution is 7.10. The van der Waals surface area contributed by atoms with Crippen LogP contribution in [0.5, 0.6) is 0 Å². The summed E-state index contributed by atoms with van der Waals surface area (Å²) in [5, 5.41) is 2.06. The van der Waals surface area contributed by atoms with Gasteiger partial charge in [-0.05, 0) is 43.1 Å². The topological polar surface area (TPSA) is 29.3 Å². The Morgan fingerprint density at radius 2 is 2.11 bits per heavy atom. The first-order chi connectivity index (χ1) is 9.08. The molecule has 0 spiro atoms. The number of halogens is 1. The molecule has 0 saturated heterocycles. The first-order valence-corrected chi connectivity index (χ1v) is 7.19. The maximum atomic E-state index is 13.2. The van der Waals surface area contributed by atoms with Crippen LogP contribution in [0.1, 0.15) is 23.4 Å². The van der Waals surface area contributed by atoms with Crippen molar-refractivity contribution in [3.8, 4) is 0 Å². The molecule has 2 nitrogen and oxygen atoms in total. The van der Waals surface area contributed by atoms with E-state index in [9.17, 15) is 4.39 Å². The van der Waals surface area contributed by atoms with E-state index in [0.29, 0.717) is 6.54 Å². The molecule has 0 aliphatic carbocycles. The van der Waals surface area contributed by atoms with Crippen molar-refractivity contribution < 1.29 is 4.39 Å². The van der Waals surface area contributed by atoms with Crippen molar-refractivity contribution in [2.75, 3.05) is 7.05 Å². The number of likely N-dealkylation sites (N-methyl/N-ethyl adjacent to an activating group) is 1. The quantitative estimate of drug-likeness (QED) is 0.908. The second-order valence-electron chi connectivity index (χ2n) is 4.86. The lowest BCUT2D eigenvalue weighted by atomic mass is 10.1. The Labute approximate surface area is 117 Å². The van der Waals surface area contributed by atoms with Gasteiger partial charge >= 0.3 is 0 Å². The molecule has 1 aromatic carbocycles. The summed E-state index contributed by atoms with van der Waals surface area (Å²) in [6.45, 7) is 2.69. The van der Waals surface area contributed by atoms with Gasteiger partial charge in [-0.2, -0.15) is 0 Å². The third-order valence-corrected chi connectivity index (χ3v) is 4.07. The Kier molecular flexibility index (Phi) is 4.69. The monoisotopic (exact) mass is 278 g/mol. The number of nitrogens with two attached hydrogens (primary N) is 1. The molecule has 2 rings (SSSR count). The van der Waals surface area contributed by atoms with Gasteiger partial charge in [0.2, 0.25) is 0 Å². The van der Waals surface area contributed by atoms with E-state index in [-0.39, 0.29) is 17.9 Å². The summed E-state index contributed by atoms with van der Waals surface area (Å²) in [6.07, 6.45) is 0. The minimum absolute atomic E-state index is 0.0252. The molecule has 0 aliphatic heterocycles. The normalized spacial score (nSPS) is 14.6. The van der Waals surface area contributed by atoms with Crippen molar-refractivity contribution >= 4 is 11.3 Å². The summed E-state index contributed by atoms with van der Waals surface area (Å²) in [4.78, 5) is 3.42. The molecule has 0 aliphatic rings. The maximum Gasteiger partial charge on any atom is 0.123 e. The summed E-state index contributed by atoms with van der Waals surface area (Å²) in [5.74, 6) is -0.195. The van der Waals surface area contributed by atoms with Crippen LogP contribution >= 0.6 is 11.3 Å². The molecule has 0 fully saturated rings. The van der Waals surface area contributed by atoms with Gasteiger partial charge < -0.3 is 5.73 Å². The number of benzene rings is 1. The zero-order chi connectivity index (χ0) is 13.8. The van der Waals surface area contributed by atoms with E-state index < -0.39 is 0 Å². The minimum atomic E-state index is -0.195. The second kappa shape index (κ2) is 6.28. The molecule has 1 aromatic heterocycles. The Bertz CT molecular complexity index is 511. The van der Waals surface area contributed by atoms with Gasteiger partial charge in [0.25, 0.3) is 0 Å². The first-order valence-electron chi connectivity index (χ1n) is 6.31. The number of nitrogens with zero attached hydrogens (tertiary/aromatic N) is 1. The highest BCUT2D eigenvalue weighted by atomic mass is 32.1. The fraction of sp³-hybridized carbons (Fsp3) is 0.333. The van der Waals surface area contributed by atoms with E-state index in [1.54, 1.807) is 23.5 Å². The Hall–Kier alpha value is -1.23. The number of rotatable bonds is 5. The fourth-order valence-corrected chi connectivity index (χ4v) is 3.36. The van der Waals surface area contributed by atoms with Crippen molar-refractivity contribution in [2.24, 2.45) is 5.73 Å². The zero-order valence-corrected chi connectivity index (χ0v) is 12.0. The number of hydrogen-bond acceptors (Lipinski definition) is 3. The molecule has 0 amide bonds. The SMILES string of the molecule is CC(N)C(c1cccs1)N(C)Cc1cccc(F)c1. The lowest BCUT2D eigenvalue weighted by Gasteiger charge is -2.30. The second-order valence-corrected chi connectivity index (χ2v) is 5.84. The van der Waals surface area contributed by atoms with Gasteiger partial charge in [0.15, 0.2) is 0 Å². The molecule has 0 saturated carbocycles. The van der Waals surface area contributed by atoms with Gasteiger partial charge in [0.1, 0.15) is 5.82 Å². The third-order valence-electron chi connectivity index (χ3n) is 3.13. The van der Waals surface area contributed by atoms with Crippen molar-refractivity contribution in [1.82, 2.24) is 4.90 Å². The molecule has 2 N–H and O–H groups in total. The van der Waals surface area contributed by atoms with E-state index >= 15 is 0 Å². The van der Waals surface area contributed by atoms with E-state index in [1.165, 1.54) is 10.9 Å². The molecule has 0 bridgehead atoms. The van der Waals surface area contributed by atoms with Gasteiger partial charge in [0, 0.05) is 17.5 Å². The Balaban J connectivity index is 2.14. The van der Waals surface area contributed by atoms with Crippen LogP contribution in [0, 0.1) is 5.82 Å². The summed E-state index contributed by atoms with van der Waals surface area (Å²) in [5.41, 5.74) is 7.07. The van der Waals surface area contributed by atoms with Gasteiger partial charge in [-0.25, -0.2) is 4.39 Å². The molecule has 0 radical (unpaired) electrons. The van der Waals surface area contributed by atoms with Crippen molar-refractivity contribution in [2.45, 2.75) is 25.6 Å². The van der Waals surface area contributed by atoms with Crippen LogP contribution in [-0.2, 0) is 6.54 Å². The average Bonchev–Trinajstić information content (AvgIpc) is 2.82. The van der Waals surface area contributed by atoms with Gasteiger partial charge in [-0.15, -0.1) is 11.3 Å². The van der Waals surface area contributed by atoms with E-state index in [2.05, 4.69) is 16.3 Å². The van der Waals surface area contributed by atoms with Gasteiger partial charge in [-0.1, -0.05) is 18.2 Å².